The Morgan fingerprint density at radius 2 is 0.688 bits per heavy atom. The molecule has 0 bridgehead atoms. The molecule has 4 heteroatoms. The second-order valence-electron chi connectivity index (χ2n) is 16.7. The molecule has 4 nitrogen and oxygen atoms in total. The van der Waals surface area contributed by atoms with Crippen LogP contribution in [-0.2, 0) is 19.1 Å². The van der Waals surface area contributed by atoms with Gasteiger partial charge in [0.15, 0.2) is 0 Å². The zero-order valence-electron chi connectivity index (χ0n) is 33.8. The largest absolute Gasteiger partial charge is 0.461 e. The Hall–Kier alpha value is -1.58. The van der Waals surface area contributed by atoms with Crippen molar-refractivity contribution in [3.8, 4) is 0 Å². The van der Waals surface area contributed by atoms with Gasteiger partial charge in [0.1, 0.15) is 13.2 Å². The van der Waals surface area contributed by atoms with Crippen LogP contribution in [0.3, 0.4) is 0 Å². The Balaban J connectivity index is 3.89. The second kappa shape index (κ2) is 30.3. The van der Waals surface area contributed by atoms with E-state index in [1.54, 1.807) is 0 Å². The van der Waals surface area contributed by atoms with Gasteiger partial charge in [-0.2, -0.15) is 0 Å². The van der Waals surface area contributed by atoms with E-state index in [0.717, 1.165) is 48.3 Å². The van der Waals surface area contributed by atoms with Crippen molar-refractivity contribution in [2.75, 3.05) is 13.2 Å². The van der Waals surface area contributed by atoms with Gasteiger partial charge in [-0.15, -0.1) is 0 Å². The molecule has 0 unspecified atom stereocenters. The van der Waals surface area contributed by atoms with Crippen LogP contribution in [-0.4, -0.2) is 25.2 Å². The summed E-state index contributed by atoms with van der Waals surface area (Å²) in [6, 6.07) is 0. The molecule has 0 fully saturated rings. The normalized spacial score (nSPS) is 15.1. The van der Waals surface area contributed by atoms with Crippen LogP contribution in [0, 0.1) is 35.5 Å². The number of carbonyl (C=O) groups excluding carboxylic acids is 2. The van der Waals surface area contributed by atoms with Crippen LogP contribution in [0.1, 0.15) is 198 Å². The van der Waals surface area contributed by atoms with Gasteiger partial charge in [-0.3, -0.25) is 9.59 Å². The van der Waals surface area contributed by atoms with Crippen molar-refractivity contribution in [1.82, 2.24) is 0 Å². The lowest BCUT2D eigenvalue weighted by molar-refractivity contribution is -0.149. The van der Waals surface area contributed by atoms with Crippen LogP contribution in [0.5, 0.6) is 0 Å². The molecule has 0 aromatic carbocycles. The lowest BCUT2D eigenvalue weighted by Crippen LogP contribution is -2.10. The summed E-state index contributed by atoms with van der Waals surface area (Å²) >= 11 is 0. The molecule has 0 aliphatic carbocycles. The third kappa shape index (κ3) is 31.7. The first-order valence-corrected chi connectivity index (χ1v) is 20.4. The van der Waals surface area contributed by atoms with E-state index in [1.165, 1.54) is 114 Å². The predicted molar refractivity (Wildman–Crippen MR) is 208 cm³/mol. The van der Waals surface area contributed by atoms with Crippen molar-refractivity contribution >= 4 is 11.9 Å². The van der Waals surface area contributed by atoms with Crippen LogP contribution < -0.4 is 0 Å². The Bertz CT molecular complexity index is 784. The molecule has 0 spiro atoms. The summed E-state index contributed by atoms with van der Waals surface area (Å²) in [6.45, 7) is 23.7. The molecule has 0 saturated heterocycles. The molecule has 0 saturated carbocycles. The van der Waals surface area contributed by atoms with Crippen molar-refractivity contribution < 1.29 is 19.1 Å². The number of ether oxygens (including phenoxy) is 2. The van der Waals surface area contributed by atoms with E-state index in [1.807, 2.05) is 12.2 Å². The quantitative estimate of drug-likeness (QED) is 0.0542. The summed E-state index contributed by atoms with van der Waals surface area (Å²) in [5.41, 5.74) is 2.53. The number of allylic oxidation sites excluding steroid dienone is 2. The third-order valence-electron chi connectivity index (χ3n) is 10.2. The summed E-state index contributed by atoms with van der Waals surface area (Å²) in [5, 5.41) is 0. The average Bonchev–Trinajstić information content (AvgIpc) is 2.99. The van der Waals surface area contributed by atoms with E-state index in [-0.39, 0.29) is 38.0 Å². The molecule has 0 amide bonds. The van der Waals surface area contributed by atoms with Crippen LogP contribution in [0.25, 0.3) is 0 Å². The molecule has 4 atom stereocenters. The molecule has 0 heterocycles. The average molecular weight is 675 g/mol. The van der Waals surface area contributed by atoms with Crippen LogP contribution in [0.2, 0.25) is 0 Å². The van der Waals surface area contributed by atoms with Crippen molar-refractivity contribution in [2.24, 2.45) is 35.5 Å². The number of hydrogen-bond donors (Lipinski definition) is 0. The third-order valence-corrected chi connectivity index (χ3v) is 10.2. The lowest BCUT2D eigenvalue weighted by atomic mass is 9.91. The Morgan fingerprint density at radius 1 is 0.417 bits per heavy atom. The molecule has 0 N–H and O–H groups in total. The molecule has 0 rings (SSSR count). The molecular weight excluding hydrogens is 592 g/mol. The molecule has 48 heavy (non-hydrogen) atoms. The van der Waals surface area contributed by atoms with Gasteiger partial charge in [0, 0.05) is 0 Å². The Morgan fingerprint density at radius 3 is 0.979 bits per heavy atom. The van der Waals surface area contributed by atoms with E-state index >= 15 is 0 Å². The second-order valence-corrected chi connectivity index (χ2v) is 16.7. The number of rotatable bonds is 31. The van der Waals surface area contributed by atoms with Gasteiger partial charge in [0.2, 0.25) is 0 Å². The van der Waals surface area contributed by atoms with Gasteiger partial charge in [-0.1, -0.05) is 156 Å². The maximum atomic E-state index is 12.1. The Kier molecular flexibility index (Phi) is 29.3. The van der Waals surface area contributed by atoms with Crippen molar-refractivity contribution in [1.29, 1.82) is 0 Å². The number of hydrogen-bond acceptors (Lipinski definition) is 4. The Labute approximate surface area is 300 Å². The first-order valence-electron chi connectivity index (χ1n) is 20.4. The maximum Gasteiger partial charge on any atom is 0.306 e. The van der Waals surface area contributed by atoms with Crippen molar-refractivity contribution in [3.63, 3.8) is 0 Å². The topological polar surface area (TPSA) is 52.6 Å². The predicted octanol–water partition coefficient (Wildman–Crippen LogP) is 13.6. The summed E-state index contributed by atoms with van der Waals surface area (Å²) < 4.78 is 10.7. The standard InChI is InChI=1S/C44H82O4/c1-35(2)17-11-19-37(5)21-13-23-39(7)25-15-27-41(9)31-33-47-43(45)29-30-44(46)48-34-32-42(10)28-16-26-40(8)24-14-22-38(6)20-12-18-36(3)4/h31-32,35-40H,11-30,33-34H2,1-10H3/b41-31+,42-32+/t37-,38-,39-,40-/m1/s1. The minimum absolute atomic E-state index is 0.0664. The SMILES string of the molecule is C/C(=C\COC(=O)CCC(=O)OC/C=C(\C)CCC[C@H](C)CCC[C@H](C)CCCC(C)C)CCC[C@H](C)CCC[C@H](C)CCCC(C)C. The highest BCUT2D eigenvalue weighted by Gasteiger charge is 2.10. The zero-order chi connectivity index (χ0) is 36.2. The highest BCUT2D eigenvalue weighted by molar-refractivity contribution is 5.77. The molecule has 0 aromatic rings. The van der Waals surface area contributed by atoms with Gasteiger partial charge in [-0.05, 0) is 87.2 Å². The summed E-state index contributed by atoms with van der Waals surface area (Å²) in [7, 11) is 0. The van der Waals surface area contributed by atoms with Gasteiger partial charge in [-0.25, -0.2) is 0 Å². The monoisotopic (exact) mass is 675 g/mol. The molecule has 0 aromatic heterocycles. The summed E-state index contributed by atoms with van der Waals surface area (Å²) in [4.78, 5) is 24.2. The summed E-state index contributed by atoms with van der Waals surface area (Å²) in [5.74, 6) is 4.21. The molecule has 0 aliphatic rings. The first-order chi connectivity index (χ1) is 22.8. The molecule has 0 aliphatic heterocycles. The zero-order valence-corrected chi connectivity index (χ0v) is 33.8. The summed E-state index contributed by atoms with van der Waals surface area (Å²) in [6.07, 6.45) is 27.4. The van der Waals surface area contributed by atoms with Gasteiger partial charge in [0.05, 0.1) is 12.8 Å². The molecule has 0 radical (unpaired) electrons. The lowest BCUT2D eigenvalue weighted by Gasteiger charge is -2.15. The van der Waals surface area contributed by atoms with Crippen molar-refractivity contribution in [2.45, 2.75) is 198 Å². The van der Waals surface area contributed by atoms with E-state index < -0.39 is 0 Å². The van der Waals surface area contributed by atoms with Crippen LogP contribution >= 0.6 is 0 Å². The van der Waals surface area contributed by atoms with Gasteiger partial charge in [0.25, 0.3) is 0 Å². The number of esters is 2. The van der Waals surface area contributed by atoms with E-state index in [2.05, 4.69) is 69.2 Å². The fraction of sp³-hybridized carbons (Fsp3) is 0.864. The molecular formula is C44H82O4. The first kappa shape index (κ1) is 46.4. The van der Waals surface area contributed by atoms with Crippen LogP contribution in [0.4, 0.5) is 0 Å². The number of carbonyl (C=O) groups is 2. The minimum Gasteiger partial charge on any atom is -0.461 e. The smallest absolute Gasteiger partial charge is 0.306 e. The highest BCUT2D eigenvalue weighted by Crippen LogP contribution is 2.23. The van der Waals surface area contributed by atoms with Gasteiger partial charge >= 0.3 is 11.9 Å². The fourth-order valence-corrected chi connectivity index (χ4v) is 6.52. The van der Waals surface area contributed by atoms with E-state index in [9.17, 15) is 9.59 Å². The van der Waals surface area contributed by atoms with E-state index in [4.69, 9.17) is 9.47 Å². The van der Waals surface area contributed by atoms with Gasteiger partial charge < -0.3 is 9.47 Å². The van der Waals surface area contributed by atoms with Crippen LogP contribution in [0.15, 0.2) is 23.3 Å². The molecule has 282 valence electrons. The fourth-order valence-electron chi connectivity index (χ4n) is 6.52. The maximum absolute atomic E-state index is 12.1. The highest BCUT2D eigenvalue weighted by atomic mass is 16.5. The minimum atomic E-state index is -0.343. The van der Waals surface area contributed by atoms with Crippen molar-refractivity contribution in [3.05, 3.63) is 23.3 Å². The van der Waals surface area contributed by atoms with E-state index in [0.29, 0.717) is 0 Å².